The predicted octanol–water partition coefficient (Wildman–Crippen LogP) is 2.66. The van der Waals surface area contributed by atoms with Crippen LogP contribution >= 0.6 is 0 Å². The Kier molecular flexibility index (Phi) is 5.37. The smallest absolute Gasteiger partial charge is 0.407 e. The number of carbonyl (C=O) groups excluding carboxylic acids is 1. The van der Waals surface area contributed by atoms with Gasteiger partial charge in [0, 0.05) is 19.2 Å². The van der Waals surface area contributed by atoms with E-state index in [1.54, 1.807) is 6.20 Å². The topological polar surface area (TPSA) is 51.2 Å². The van der Waals surface area contributed by atoms with E-state index in [-0.39, 0.29) is 0 Å². The second-order valence-electron chi connectivity index (χ2n) is 5.20. The minimum atomic E-state index is -0.471. The third-order valence-corrected chi connectivity index (χ3v) is 2.05. The molecular weight excluding hydrogens is 240 g/mol. The van der Waals surface area contributed by atoms with Crippen molar-refractivity contribution in [3.63, 3.8) is 0 Å². The van der Waals surface area contributed by atoms with Crippen molar-refractivity contribution in [1.82, 2.24) is 10.3 Å². The Morgan fingerprint density at radius 2 is 2.16 bits per heavy atom. The summed E-state index contributed by atoms with van der Waals surface area (Å²) in [6, 6.07) is 3.85. The Labute approximate surface area is 114 Å². The number of aromatic nitrogens is 1. The molecule has 4 nitrogen and oxygen atoms in total. The summed E-state index contributed by atoms with van der Waals surface area (Å²) in [6.07, 6.45) is 1.93. The van der Waals surface area contributed by atoms with Crippen LogP contribution in [0, 0.1) is 18.8 Å². The lowest BCUT2D eigenvalue weighted by atomic mass is 10.2. The van der Waals surface area contributed by atoms with Gasteiger partial charge in [0.2, 0.25) is 0 Å². The van der Waals surface area contributed by atoms with E-state index in [9.17, 15) is 4.79 Å². The fourth-order valence-electron chi connectivity index (χ4n) is 1.24. The van der Waals surface area contributed by atoms with Crippen LogP contribution in [0.25, 0.3) is 0 Å². The van der Waals surface area contributed by atoms with Crippen molar-refractivity contribution in [2.24, 2.45) is 0 Å². The van der Waals surface area contributed by atoms with Gasteiger partial charge in [0.1, 0.15) is 11.3 Å². The van der Waals surface area contributed by atoms with Crippen LogP contribution in [0.3, 0.4) is 0 Å². The van der Waals surface area contributed by atoms with Crippen molar-refractivity contribution in [2.75, 3.05) is 6.54 Å². The van der Waals surface area contributed by atoms with Gasteiger partial charge in [-0.25, -0.2) is 9.78 Å². The molecular formula is C15H20N2O2. The Morgan fingerprint density at radius 3 is 2.74 bits per heavy atom. The lowest BCUT2D eigenvalue weighted by Gasteiger charge is -2.19. The largest absolute Gasteiger partial charge is 0.444 e. The Hall–Kier alpha value is -2.02. The number of alkyl carbamates (subject to hydrolysis) is 1. The number of nitrogens with zero attached hydrogens (tertiary/aromatic N) is 1. The van der Waals surface area contributed by atoms with Crippen molar-refractivity contribution in [2.45, 2.75) is 39.7 Å². The summed E-state index contributed by atoms with van der Waals surface area (Å²) >= 11 is 0. The first-order chi connectivity index (χ1) is 8.87. The standard InChI is InChI=1S/C15H20N2O2/c1-12-8-9-13(17-11-12)7-5-6-10-16-14(18)19-15(2,3)4/h8-9,11H,6,10H2,1-4H3,(H,16,18). The minimum absolute atomic E-state index is 0.414. The number of pyridine rings is 1. The summed E-state index contributed by atoms with van der Waals surface area (Å²) in [4.78, 5) is 15.5. The molecule has 0 bridgehead atoms. The van der Waals surface area contributed by atoms with Gasteiger partial charge in [-0.1, -0.05) is 12.0 Å². The molecule has 19 heavy (non-hydrogen) atoms. The summed E-state index contributed by atoms with van der Waals surface area (Å²) in [7, 11) is 0. The molecule has 0 atom stereocenters. The van der Waals surface area contributed by atoms with E-state index in [1.165, 1.54) is 0 Å². The predicted molar refractivity (Wildman–Crippen MR) is 74.7 cm³/mol. The van der Waals surface area contributed by atoms with Gasteiger partial charge < -0.3 is 10.1 Å². The van der Waals surface area contributed by atoms with Gasteiger partial charge in [-0.15, -0.1) is 0 Å². The maximum absolute atomic E-state index is 11.3. The molecule has 1 amide bonds. The summed E-state index contributed by atoms with van der Waals surface area (Å²) in [5.41, 5.74) is 1.38. The lowest BCUT2D eigenvalue weighted by molar-refractivity contribution is 0.0529. The Morgan fingerprint density at radius 1 is 1.42 bits per heavy atom. The maximum atomic E-state index is 11.3. The summed E-state index contributed by atoms with van der Waals surface area (Å²) < 4.78 is 5.11. The molecule has 1 heterocycles. The molecule has 0 aliphatic rings. The molecule has 0 aliphatic heterocycles. The van der Waals surface area contributed by atoms with Gasteiger partial charge in [0.25, 0.3) is 0 Å². The van der Waals surface area contributed by atoms with E-state index < -0.39 is 11.7 Å². The molecule has 1 aromatic heterocycles. The first-order valence-electron chi connectivity index (χ1n) is 6.25. The van der Waals surface area contributed by atoms with Crippen LogP contribution in [0.1, 0.15) is 38.4 Å². The number of nitrogens with one attached hydrogen (secondary N) is 1. The van der Waals surface area contributed by atoms with E-state index in [2.05, 4.69) is 22.1 Å². The van der Waals surface area contributed by atoms with Gasteiger partial charge in [0.15, 0.2) is 0 Å². The third kappa shape index (κ3) is 7.10. The number of ether oxygens (including phenoxy) is 1. The lowest BCUT2D eigenvalue weighted by Crippen LogP contribution is -2.32. The number of hydrogen-bond donors (Lipinski definition) is 1. The zero-order chi connectivity index (χ0) is 14.3. The van der Waals surface area contributed by atoms with E-state index in [1.807, 2.05) is 39.8 Å². The van der Waals surface area contributed by atoms with Gasteiger partial charge >= 0.3 is 6.09 Å². The first kappa shape index (κ1) is 15.0. The number of aryl methyl sites for hydroxylation is 1. The zero-order valence-corrected chi connectivity index (χ0v) is 11.9. The quantitative estimate of drug-likeness (QED) is 0.657. The van der Waals surface area contributed by atoms with Crippen LogP contribution in [0.5, 0.6) is 0 Å². The first-order valence-corrected chi connectivity index (χ1v) is 6.25. The van der Waals surface area contributed by atoms with Gasteiger partial charge in [-0.3, -0.25) is 0 Å². The van der Waals surface area contributed by atoms with Crippen molar-refractivity contribution < 1.29 is 9.53 Å². The minimum Gasteiger partial charge on any atom is -0.444 e. The molecule has 0 saturated carbocycles. The summed E-state index contributed by atoms with van der Waals surface area (Å²) in [6.45, 7) is 7.93. The van der Waals surface area contributed by atoms with Crippen LogP contribution < -0.4 is 5.32 Å². The van der Waals surface area contributed by atoms with E-state index in [4.69, 9.17) is 4.74 Å². The van der Waals surface area contributed by atoms with Crippen LogP contribution in [-0.2, 0) is 4.74 Å². The summed E-state index contributed by atoms with van der Waals surface area (Å²) in [5, 5.41) is 2.65. The summed E-state index contributed by atoms with van der Waals surface area (Å²) in [5.74, 6) is 5.90. The number of hydrogen-bond acceptors (Lipinski definition) is 3. The molecule has 0 aliphatic carbocycles. The average Bonchev–Trinajstić information content (AvgIpc) is 2.29. The number of carbonyl (C=O) groups is 1. The molecule has 0 saturated heterocycles. The molecule has 102 valence electrons. The zero-order valence-electron chi connectivity index (χ0n) is 11.9. The average molecular weight is 260 g/mol. The van der Waals surface area contributed by atoms with Crippen LogP contribution in [0.2, 0.25) is 0 Å². The monoisotopic (exact) mass is 260 g/mol. The fourth-order valence-corrected chi connectivity index (χ4v) is 1.24. The Bertz CT molecular complexity index is 476. The van der Waals surface area contributed by atoms with Gasteiger partial charge in [-0.2, -0.15) is 0 Å². The highest BCUT2D eigenvalue weighted by atomic mass is 16.6. The molecule has 0 spiro atoms. The maximum Gasteiger partial charge on any atom is 0.407 e. The second kappa shape index (κ2) is 6.79. The SMILES string of the molecule is Cc1ccc(C#CCCNC(=O)OC(C)(C)C)nc1. The van der Waals surface area contributed by atoms with Crippen molar-refractivity contribution in [3.05, 3.63) is 29.6 Å². The highest BCUT2D eigenvalue weighted by molar-refractivity contribution is 5.67. The van der Waals surface area contributed by atoms with Crippen LogP contribution in [-0.4, -0.2) is 23.2 Å². The van der Waals surface area contributed by atoms with Crippen molar-refractivity contribution >= 4 is 6.09 Å². The van der Waals surface area contributed by atoms with Crippen LogP contribution in [0.4, 0.5) is 4.79 Å². The second-order valence-corrected chi connectivity index (χ2v) is 5.20. The fraction of sp³-hybridized carbons (Fsp3) is 0.467. The molecule has 0 radical (unpaired) electrons. The van der Waals surface area contributed by atoms with E-state index in [0.29, 0.717) is 13.0 Å². The molecule has 0 fully saturated rings. The highest BCUT2D eigenvalue weighted by Gasteiger charge is 2.15. The van der Waals surface area contributed by atoms with Gasteiger partial charge in [0.05, 0.1) is 0 Å². The normalized spacial score (nSPS) is 10.3. The third-order valence-electron chi connectivity index (χ3n) is 2.05. The molecule has 0 unspecified atom stereocenters. The van der Waals surface area contributed by atoms with Crippen molar-refractivity contribution in [3.8, 4) is 11.8 Å². The molecule has 4 heteroatoms. The molecule has 0 aromatic carbocycles. The number of rotatable bonds is 2. The van der Waals surface area contributed by atoms with Crippen LogP contribution in [0.15, 0.2) is 18.3 Å². The number of amides is 1. The highest BCUT2D eigenvalue weighted by Crippen LogP contribution is 2.06. The molecule has 1 aromatic rings. The molecule has 1 N–H and O–H groups in total. The van der Waals surface area contributed by atoms with Crippen molar-refractivity contribution in [1.29, 1.82) is 0 Å². The van der Waals surface area contributed by atoms with E-state index in [0.717, 1.165) is 11.3 Å². The van der Waals surface area contributed by atoms with Gasteiger partial charge in [-0.05, 0) is 45.2 Å². The van der Waals surface area contributed by atoms with E-state index >= 15 is 0 Å². The Balaban J connectivity index is 2.28. The molecule has 1 rings (SSSR count).